The Labute approximate surface area is 155 Å². The van der Waals surface area contributed by atoms with Crippen LogP contribution in [0.4, 0.5) is 13.2 Å². The molecule has 7 heteroatoms. The van der Waals surface area contributed by atoms with E-state index in [2.05, 4.69) is 27.2 Å². The van der Waals surface area contributed by atoms with Crippen molar-refractivity contribution in [1.82, 2.24) is 10.3 Å². The zero-order valence-corrected chi connectivity index (χ0v) is 14.9. The average molecular weight is 378 g/mol. The summed E-state index contributed by atoms with van der Waals surface area (Å²) in [5, 5.41) is 2.95. The van der Waals surface area contributed by atoms with Crippen molar-refractivity contribution in [3.63, 3.8) is 0 Å². The van der Waals surface area contributed by atoms with Crippen molar-refractivity contribution < 1.29 is 22.7 Å². The summed E-state index contributed by atoms with van der Waals surface area (Å²) in [6, 6.07) is 10.8. The van der Waals surface area contributed by atoms with Gasteiger partial charge in [-0.3, -0.25) is 9.78 Å². The Morgan fingerprint density at radius 2 is 2.00 bits per heavy atom. The first-order valence-corrected chi connectivity index (χ1v) is 8.84. The van der Waals surface area contributed by atoms with Gasteiger partial charge in [0, 0.05) is 5.92 Å². The molecule has 2 unspecified atom stereocenters. The quantitative estimate of drug-likeness (QED) is 0.856. The Morgan fingerprint density at radius 1 is 1.26 bits per heavy atom. The summed E-state index contributed by atoms with van der Waals surface area (Å²) in [5.41, 5.74) is 3.07. The number of benzene rings is 1. The van der Waals surface area contributed by atoms with E-state index in [4.69, 9.17) is 0 Å². The summed E-state index contributed by atoms with van der Waals surface area (Å²) in [6.07, 6.45) is -0.759. The van der Waals surface area contributed by atoms with Crippen LogP contribution in [0.1, 0.15) is 36.2 Å². The molecular formula is C20H21F3N2O2. The summed E-state index contributed by atoms with van der Waals surface area (Å²) in [6.45, 7) is 0.441. The fraction of sp³-hybridized carbons (Fsp3) is 0.400. The molecule has 1 heterocycles. The van der Waals surface area contributed by atoms with Gasteiger partial charge in [-0.1, -0.05) is 24.3 Å². The molecule has 144 valence electrons. The molecule has 1 aliphatic rings. The van der Waals surface area contributed by atoms with Crippen LogP contribution >= 0.6 is 0 Å². The van der Waals surface area contributed by atoms with Gasteiger partial charge < -0.3 is 10.1 Å². The molecule has 3 rings (SSSR count). The highest BCUT2D eigenvalue weighted by molar-refractivity contribution is 5.79. The number of fused-ring (bicyclic) bond motifs is 1. The number of amides is 1. The summed E-state index contributed by atoms with van der Waals surface area (Å²) >= 11 is 0. The van der Waals surface area contributed by atoms with Crippen LogP contribution in [0.2, 0.25) is 0 Å². The zero-order valence-electron chi connectivity index (χ0n) is 14.9. The van der Waals surface area contributed by atoms with Crippen LogP contribution in [0.15, 0.2) is 42.6 Å². The van der Waals surface area contributed by atoms with Crippen LogP contribution in [0.25, 0.3) is 0 Å². The maximum atomic E-state index is 12.6. The smallest absolute Gasteiger partial charge is 0.422 e. The third kappa shape index (κ3) is 5.21. The summed E-state index contributed by atoms with van der Waals surface area (Å²) in [4.78, 5) is 16.7. The molecule has 0 spiro atoms. The fourth-order valence-electron chi connectivity index (χ4n) is 3.23. The monoisotopic (exact) mass is 378 g/mol. The zero-order chi connectivity index (χ0) is 19.4. The van der Waals surface area contributed by atoms with Gasteiger partial charge in [0.2, 0.25) is 5.91 Å². The molecule has 2 atom stereocenters. The van der Waals surface area contributed by atoms with Gasteiger partial charge in [0.25, 0.3) is 0 Å². The average Bonchev–Trinajstić information content (AvgIpc) is 2.65. The van der Waals surface area contributed by atoms with Crippen molar-refractivity contribution in [3.8, 4) is 5.75 Å². The van der Waals surface area contributed by atoms with Crippen molar-refractivity contribution in [2.75, 3.05) is 6.61 Å². The van der Waals surface area contributed by atoms with Crippen LogP contribution in [0, 0.1) is 5.92 Å². The van der Waals surface area contributed by atoms with Gasteiger partial charge in [0.05, 0.1) is 17.9 Å². The van der Waals surface area contributed by atoms with Gasteiger partial charge in [-0.25, -0.2) is 0 Å². The van der Waals surface area contributed by atoms with Crippen molar-refractivity contribution in [2.45, 2.75) is 38.4 Å². The Kier molecular flexibility index (Phi) is 5.68. The van der Waals surface area contributed by atoms with Gasteiger partial charge >= 0.3 is 6.18 Å². The molecule has 1 aromatic carbocycles. The second-order valence-electron chi connectivity index (χ2n) is 6.76. The first kappa shape index (κ1) is 19.2. The molecule has 0 aliphatic heterocycles. The second-order valence-corrected chi connectivity index (χ2v) is 6.76. The lowest BCUT2D eigenvalue weighted by atomic mass is 9.83. The van der Waals surface area contributed by atoms with E-state index < -0.39 is 12.8 Å². The Bertz CT molecular complexity index is 791. The molecule has 0 fully saturated rings. The number of nitrogens with zero attached hydrogens (tertiary/aromatic N) is 1. The van der Waals surface area contributed by atoms with Gasteiger partial charge in [-0.2, -0.15) is 13.2 Å². The number of pyridine rings is 1. The van der Waals surface area contributed by atoms with E-state index in [1.54, 1.807) is 13.0 Å². The van der Waals surface area contributed by atoms with Crippen molar-refractivity contribution >= 4 is 5.91 Å². The highest BCUT2D eigenvalue weighted by Gasteiger charge is 2.28. The van der Waals surface area contributed by atoms with Gasteiger partial charge in [-0.05, 0) is 49.4 Å². The molecule has 1 aromatic heterocycles. The Hall–Kier alpha value is -2.57. The number of halogens is 3. The van der Waals surface area contributed by atoms with Crippen LogP contribution in [0.5, 0.6) is 5.75 Å². The predicted octanol–water partition coefficient (Wildman–Crippen LogP) is 4.01. The van der Waals surface area contributed by atoms with E-state index in [1.165, 1.54) is 23.4 Å². The number of aromatic nitrogens is 1. The number of carbonyl (C=O) groups is 1. The van der Waals surface area contributed by atoms with Crippen molar-refractivity contribution in [1.29, 1.82) is 0 Å². The summed E-state index contributed by atoms with van der Waals surface area (Å²) < 4.78 is 41.1. The lowest BCUT2D eigenvalue weighted by Gasteiger charge is -2.25. The molecule has 27 heavy (non-hydrogen) atoms. The lowest BCUT2D eigenvalue weighted by Crippen LogP contribution is -2.35. The molecule has 1 amide bonds. The second kappa shape index (κ2) is 7.98. The number of hydrogen-bond acceptors (Lipinski definition) is 3. The van der Waals surface area contributed by atoms with E-state index in [1.807, 2.05) is 12.1 Å². The van der Waals surface area contributed by atoms with E-state index in [0.717, 1.165) is 12.8 Å². The van der Waals surface area contributed by atoms with E-state index >= 15 is 0 Å². The first-order chi connectivity index (χ1) is 12.8. The minimum Gasteiger partial charge on any atom is -0.483 e. The molecule has 1 aliphatic carbocycles. The number of alkyl halides is 3. The number of ether oxygens (including phenoxy) is 1. The number of carbonyl (C=O) groups excluding carboxylic acids is 1. The SMILES string of the molecule is CC(NC(=O)C1CCc2ccccc2C1)c1ccc(OCC(F)(F)F)cn1. The molecule has 0 saturated carbocycles. The van der Waals surface area contributed by atoms with Crippen LogP contribution in [0.3, 0.4) is 0 Å². The maximum Gasteiger partial charge on any atom is 0.422 e. The third-order valence-electron chi connectivity index (χ3n) is 4.68. The summed E-state index contributed by atoms with van der Waals surface area (Å²) in [5.74, 6) is -0.0774. The number of nitrogens with one attached hydrogen (secondary N) is 1. The molecular weight excluding hydrogens is 357 g/mol. The Morgan fingerprint density at radius 3 is 2.67 bits per heavy atom. The topological polar surface area (TPSA) is 51.2 Å². The van der Waals surface area contributed by atoms with Crippen LogP contribution in [-0.2, 0) is 17.6 Å². The molecule has 2 aromatic rings. The molecule has 0 radical (unpaired) electrons. The Balaban J connectivity index is 1.55. The van der Waals surface area contributed by atoms with E-state index in [0.29, 0.717) is 12.1 Å². The highest BCUT2D eigenvalue weighted by Crippen LogP contribution is 2.26. The number of aryl methyl sites for hydroxylation is 1. The summed E-state index contributed by atoms with van der Waals surface area (Å²) in [7, 11) is 0. The minimum absolute atomic E-state index is 0.0313. The maximum absolute atomic E-state index is 12.6. The lowest BCUT2D eigenvalue weighted by molar-refractivity contribution is -0.153. The predicted molar refractivity (Wildman–Crippen MR) is 94.3 cm³/mol. The van der Waals surface area contributed by atoms with Crippen molar-refractivity contribution in [3.05, 3.63) is 59.4 Å². The van der Waals surface area contributed by atoms with Gasteiger partial charge in [0.15, 0.2) is 6.61 Å². The largest absolute Gasteiger partial charge is 0.483 e. The molecule has 1 N–H and O–H groups in total. The van der Waals surface area contributed by atoms with Gasteiger partial charge in [-0.15, -0.1) is 0 Å². The van der Waals surface area contributed by atoms with Crippen LogP contribution < -0.4 is 10.1 Å². The number of hydrogen-bond donors (Lipinski definition) is 1. The van der Waals surface area contributed by atoms with Crippen LogP contribution in [-0.4, -0.2) is 23.7 Å². The third-order valence-corrected chi connectivity index (χ3v) is 4.68. The molecule has 4 nitrogen and oxygen atoms in total. The molecule has 0 bridgehead atoms. The van der Waals surface area contributed by atoms with Crippen molar-refractivity contribution in [2.24, 2.45) is 5.92 Å². The van der Waals surface area contributed by atoms with Gasteiger partial charge in [0.1, 0.15) is 5.75 Å². The van der Waals surface area contributed by atoms with E-state index in [-0.39, 0.29) is 23.6 Å². The molecule has 0 saturated heterocycles. The first-order valence-electron chi connectivity index (χ1n) is 8.84. The highest BCUT2D eigenvalue weighted by atomic mass is 19.4. The minimum atomic E-state index is -4.39. The standard InChI is InChI=1S/C20H21F3N2O2/c1-13(18-9-8-17(11-24-18)27-12-20(21,22)23)25-19(26)16-7-6-14-4-2-3-5-15(14)10-16/h2-5,8-9,11,13,16H,6-7,10,12H2,1H3,(H,25,26). The fourth-order valence-corrected chi connectivity index (χ4v) is 3.23. The van der Waals surface area contributed by atoms with E-state index in [9.17, 15) is 18.0 Å². The normalized spacial score (nSPS) is 17.7. The number of rotatable bonds is 5.